The van der Waals surface area contributed by atoms with E-state index in [0.29, 0.717) is 26.0 Å². The lowest BCUT2D eigenvalue weighted by Gasteiger charge is -2.31. The number of carboxylic acid groups (broad SMARTS) is 1. The molecular formula is C28H33N3O4. The van der Waals surface area contributed by atoms with Gasteiger partial charge in [-0.1, -0.05) is 24.3 Å². The zero-order valence-electron chi connectivity index (χ0n) is 20.9. The molecule has 1 amide bonds. The molecule has 35 heavy (non-hydrogen) atoms. The van der Waals surface area contributed by atoms with Crippen LogP contribution >= 0.6 is 0 Å². The number of hydrogen-bond acceptors (Lipinski definition) is 4. The van der Waals surface area contributed by atoms with Crippen LogP contribution in [0.25, 0.3) is 11.1 Å². The maximum Gasteiger partial charge on any atom is 0.331 e. The predicted octanol–water partition coefficient (Wildman–Crippen LogP) is 5.13. The van der Waals surface area contributed by atoms with E-state index in [0.717, 1.165) is 46.5 Å². The van der Waals surface area contributed by atoms with E-state index in [1.165, 1.54) is 10.2 Å². The van der Waals surface area contributed by atoms with Crippen molar-refractivity contribution in [2.75, 3.05) is 18.1 Å². The van der Waals surface area contributed by atoms with Crippen molar-refractivity contribution >= 4 is 17.6 Å². The van der Waals surface area contributed by atoms with Crippen LogP contribution in [0.5, 0.6) is 5.75 Å². The molecule has 0 aliphatic carbocycles. The quantitative estimate of drug-likeness (QED) is 0.457. The van der Waals surface area contributed by atoms with Crippen LogP contribution in [0, 0.1) is 13.8 Å². The number of hydrogen-bond donors (Lipinski definition) is 1. The Morgan fingerprint density at radius 2 is 1.91 bits per heavy atom. The molecule has 1 aliphatic heterocycles. The average molecular weight is 476 g/mol. The first-order valence-corrected chi connectivity index (χ1v) is 12.1. The van der Waals surface area contributed by atoms with Crippen LogP contribution in [0.1, 0.15) is 49.8 Å². The highest BCUT2D eigenvalue weighted by Crippen LogP contribution is 2.36. The zero-order chi connectivity index (χ0) is 25.2. The van der Waals surface area contributed by atoms with E-state index in [1.54, 1.807) is 26.2 Å². The Kier molecular flexibility index (Phi) is 6.96. The van der Waals surface area contributed by atoms with E-state index in [-0.39, 0.29) is 5.91 Å². The number of fused-ring (bicyclic) bond motifs is 1. The topological polar surface area (TPSA) is 84.7 Å². The fourth-order valence-electron chi connectivity index (χ4n) is 4.44. The van der Waals surface area contributed by atoms with Crippen LogP contribution in [0.4, 0.5) is 5.69 Å². The van der Waals surface area contributed by atoms with Crippen molar-refractivity contribution in [1.82, 2.24) is 9.78 Å². The average Bonchev–Trinajstić information content (AvgIpc) is 3.34. The molecule has 0 saturated heterocycles. The van der Waals surface area contributed by atoms with Crippen molar-refractivity contribution in [3.05, 3.63) is 65.5 Å². The van der Waals surface area contributed by atoms with Gasteiger partial charge in [-0.25, -0.2) is 4.79 Å². The smallest absolute Gasteiger partial charge is 0.331 e. The minimum absolute atomic E-state index is 0.0929. The van der Waals surface area contributed by atoms with Crippen molar-refractivity contribution in [3.63, 3.8) is 0 Å². The van der Waals surface area contributed by atoms with Gasteiger partial charge in [0.1, 0.15) is 5.75 Å². The van der Waals surface area contributed by atoms with Crippen molar-refractivity contribution < 1.29 is 19.4 Å². The number of benzene rings is 2. The molecule has 1 aliphatic rings. The van der Waals surface area contributed by atoms with E-state index < -0.39 is 11.5 Å². The largest absolute Gasteiger partial charge is 0.493 e. The molecule has 0 radical (unpaired) electrons. The second kappa shape index (κ2) is 9.94. The number of amides is 1. The Hall–Kier alpha value is -3.61. The zero-order valence-corrected chi connectivity index (χ0v) is 20.9. The Bertz CT molecular complexity index is 1240. The molecule has 4 rings (SSSR count). The molecule has 2 heterocycles. The number of rotatable bonds is 8. The first kappa shape index (κ1) is 24.5. The molecule has 0 unspecified atom stereocenters. The summed E-state index contributed by atoms with van der Waals surface area (Å²) in [5.74, 6) is 0.0213. The molecule has 7 nitrogen and oxygen atoms in total. The van der Waals surface area contributed by atoms with Gasteiger partial charge in [-0.15, -0.1) is 0 Å². The van der Waals surface area contributed by atoms with Crippen molar-refractivity contribution in [2.24, 2.45) is 0 Å². The summed E-state index contributed by atoms with van der Waals surface area (Å²) in [7, 11) is 0. The first-order valence-electron chi connectivity index (χ1n) is 12.1. The van der Waals surface area contributed by atoms with Gasteiger partial charge in [0, 0.05) is 30.4 Å². The molecule has 2 aromatic carbocycles. The molecule has 0 saturated carbocycles. The summed E-state index contributed by atoms with van der Waals surface area (Å²) < 4.78 is 7.40. The normalized spacial score (nSPS) is 13.4. The summed E-state index contributed by atoms with van der Waals surface area (Å²) in [5, 5.41) is 13.8. The molecule has 1 N–H and O–H groups in total. The van der Waals surface area contributed by atoms with Crippen LogP contribution in [0.3, 0.4) is 0 Å². The fourth-order valence-corrected chi connectivity index (χ4v) is 4.44. The highest BCUT2D eigenvalue weighted by Gasteiger charge is 2.31. The summed E-state index contributed by atoms with van der Waals surface area (Å²) in [6, 6.07) is 12.0. The Labute approximate surface area is 206 Å². The summed E-state index contributed by atoms with van der Waals surface area (Å²) >= 11 is 0. The number of carbonyl (C=O) groups excluding carboxylic acids is 1. The highest BCUT2D eigenvalue weighted by atomic mass is 16.5. The minimum Gasteiger partial charge on any atom is -0.493 e. The van der Waals surface area contributed by atoms with Crippen LogP contribution < -0.4 is 9.64 Å². The second-order valence-corrected chi connectivity index (χ2v) is 9.64. The van der Waals surface area contributed by atoms with Crippen LogP contribution in [-0.2, 0) is 21.5 Å². The van der Waals surface area contributed by atoms with Gasteiger partial charge >= 0.3 is 5.97 Å². The number of ether oxygens (including phenoxy) is 1. The van der Waals surface area contributed by atoms with Gasteiger partial charge in [-0.3, -0.25) is 9.48 Å². The Morgan fingerprint density at radius 3 is 2.69 bits per heavy atom. The lowest BCUT2D eigenvalue weighted by molar-refractivity contribution is -0.146. The predicted molar refractivity (Wildman–Crippen MR) is 136 cm³/mol. The third kappa shape index (κ3) is 4.94. The first-order chi connectivity index (χ1) is 16.7. The lowest BCUT2D eigenvalue weighted by Crippen LogP contribution is -2.36. The Morgan fingerprint density at radius 1 is 1.14 bits per heavy atom. The maximum atomic E-state index is 13.1. The summed E-state index contributed by atoms with van der Waals surface area (Å²) in [6.07, 6.45) is 6.27. The number of aryl methyl sites for hydroxylation is 1. The van der Waals surface area contributed by atoms with E-state index in [2.05, 4.69) is 18.1 Å². The summed E-state index contributed by atoms with van der Waals surface area (Å²) in [4.78, 5) is 26.6. The number of aromatic nitrogens is 2. The van der Waals surface area contributed by atoms with Gasteiger partial charge in [-0.05, 0) is 81.3 Å². The van der Waals surface area contributed by atoms with Crippen molar-refractivity contribution in [1.29, 1.82) is 0 Å². The molecule has 3 aromatic rings. The number of carbonyl (C=O) groups is 2. The third-order valence-electron chi connectivity index (χ3n) is 6.89. The lowest BCUT2D eigenvalue weighted by atomic mass is 9.93. The van der Waals surface area contributed by atoms with Crippen molar-refractivity contribution in [3.8, 4) is 16.9 Å². The third-order valence-corrected chi connectivity index (χ3v) is 6.89. The Balaban J connectivity index is 1.46. The van der Waals surface area contributed by atoms with E-state index in [9.17, 15) is 14.7 Å². The molecule has 7 heteroatoms. The number of aliphatic carboxylic acids is 1. The molecule has 0 atom stereocenters. The number of anilines is 1. The second-order valence-electron chi connectivity index (χ2n) is 9.64. The monoisotopic (exact) mass is 475 g/mol. The SMILES string of the molecule is Cc1cccc(OCCCC(=O)N2CCCc3c(-c4cnn(C(C)(C)C(=O)O)c4)cccc32)c1C. The molecule has 1 aromatic heterocycles. The van der Waals surface area contributed by atoms with Crippen LogP contribution in [0.15, 0.2) is 48.8 Å². The summed E-state index contributed by atoms with van der Waals surface area (Å²) in [5.41, 5.74) is 5.06. The van der Waals surface area contributed by atoms with Gasteiger partial charge < -0.3 is 14.7 Å². The van der Waals surface area contributed by atoms with E-state index in [4.69, 9.17) is 4.74 Å². The number of nitrogens with zero attached hydrogens (tertiary/aromatic N) is 3. The van der Waals surface area contributed by atoms with Crippen LogP contribution in [-0.4, -0.2) is 39.9 Å². The molecular weight excluding hydrogens is 442 g/mol. The van der Waals surface area contributed by atoms with Crippen molar-refractivity contribution in [2.45, 2.75) is 58.9 Å². The summed E-state index contributed by atoms with van der Waals surface area (Å²) in [6.45, 7) is 8.54. The van der Waals surface area contributed by atoms with E-state index in [1.807, 2.05) is 42.2 Å². The van der Waals surface area contributed by atoms with Crippen LogP contribution in [0.2, 0.25) is 0 Å². The highest BCUT2D eigenvalue weighted by molar-refractivity contribution is 5.96. The minimum atomic E-state index is -1.14. The van der Waals surface area contributed by atoms with Gasteiger partial charge in [0.2, 0.25) is 5.91 Å². The molecule has 184 valence electrons. The molecule has 0 spiro atoms. The van der Waals surface area contributed by atoms with Gasteiger partial charge in [0.15, 0.2) is 5.54 Å². The van der Waals surface area contributed by atoms with Gasteiger partial charge in [0.25, 0.3) is 0 Å². The standard InChI is InChI=1S/C28H33N3O4/c1-19-9-5-13-25(20(19)2)35-16-8-14-26(32)30-15-7-11-23-22(10-6-12-24(23)30)21-17-29-31(18-21)28(3,4)27(33)34/h5-6,9-10,12-13,17-18H,7-8,11,14-16H2,1-4H3,(H,33,34). The molecule has 0 fully saturated rings. The van der Waals surface area contributed by atoms with Gasteiger partial charge in [-0.2, -0.15) is 5.10 Å². The van der Waals surface area contributed by atoms with E-state index >= 15 is 0 Å². The van der Waals surface area contributed by atoms with Gasteiger partial charge in [0.05, 0.1) is 12.8 Å². The molecule has 0 bridgehead atoms. The number of carboxylic acids is 1. The fraction of sp³-hybridized carbons (Fsp3) is 0.393. The maximum absolute atomic E-state index is 13.1.